The first-order valence-electron chi connectivity index (χ1n) is 9.12. The average Bonchev–Trinajstić information content (AvgIpc) is 3.43. The zero-order valence-electron chi connectivity index (χ0n) is 16.1. The Kier molecular flexibility index (Phi) is 6.44. The van der Waals surface area contributed by atoms with Crippen LogP contribution in [0.15, 0.2) is 82.3 Å². The van der Waals surface area contributed by atoms with Crippen LogP contribution in [-0.4, -0.2) is 39.8 Å². The number of hydrogen-bond donors (Lipinski definition) is 1. The molecule has 0 saturated heterocycles. The zero-order valence-corrected chi connectivity index (χ0v) is 18.5. The van der Waals surface area contributed by atoms with Crippen molar-refractivity contribution >= 4 is 44.0 Å². The van der Waals surface area contributed by atoms with Gasteiger partial charge in [0.2, 0.25) is 5.91 Å². The molecule has 0 saturated carbocycles. The third kappa shape index (κ3) is 5.19. The number of para-hydroxylation sites is 1. The number of nitrogens with one attached hydrogen (secondary N) is 1. The van der Waals surface area contributed by atoms with E-state index in [0.29, 0.717) is 16.0 Å². The van der Waals surface area contributed by atoms with Gasteiger partial charge in [-0.1, -0.05) is 48.2 Å². The van der Waals surface area contributed by atoms with E-state index in [-0.39, 0.29) is 28.1 Å². The number of benzene rings is 2. The fourth-order valence-electron chi connectivity index (χ4n) is 2.78. The zero-order chi connectivity index (χ0) is 21.7. The van der Waals surface area contributed by atoms with E-state index in [1.807, 2.05) is 30.3 Å². The maximum atomic E-state index is 12.9. The Labute approximate surface area is 187 Å². The number of hydrogen-bond acceptors (Lipinski definition) is 8. The highest BCUT2D eigenvalue weighted by Gasteiger charge is 2.23. The van der Waals surface area contributed by atoms with E-state index in [4.69, 9.17) is 0 Å². The fourth-order valence-corrected chi connectivity index (χ4v) is 5.36. The summed E-state index contributed by atoms with van der Waals surface area (Å²) >= 11 is 2.50. The monoisotopic (exact) mass is 471 g/mol. The molecule has 4 aromatic rings. The number of aromatic nitrogens is 4. The largest absolute Gasteiger partial charge is 0.301 e. The van der Waals surface area contributed by atoms with E-state index in [9.17, 15) is 13.2 Å². The van der Waals surface area contributed by atoms with Gasteiger partial charge in [-0.3, -0.25) is 9.36 Å². The van der Waals surface area contributed by atoms with Crippen molar-refractivity contribution in [1.82, 2.24) is 19.7 Å². The van der Waals surface area contributed by atoms with Gasteiger partial charge in [0.05, 0.1) is 10.6 Å². The van der Waals surface area contributed by atoms with Crippen LogP contribution in [0.3, 0.4) is 0 Å². The van der Waals surface area contributed by atoms with Gasteiger partial charge in [-0.05, 0) is 24.3 Å². The summed E-state index contributed by atoms with van der Waals surface area (Å²) in [5.41, 5.74) is 0.716. The minimum absolute atomic E-state index is 0.0793. The molecule has 11 heteroatoms. The Morgan fingerprint density at radius 3 is 2.42 bits per heavy atom. The molecule has 31 heavy (non-hydrogen) atoms. The molecule has 2 aromatic heterocycles. The third-order valence-corrected chi connectivity index (χ3v) is 7.39. The van der Waals surface area contributed by atoms with E-state index < -0.39 is 9.84 Å². The number of nitrogens with zero attached hydrogens (tertiary/aromatic N) is 4. The molecule has 0 unspecified atom stereocenters. The summed E-state index contributed by atoms with van der Waals surface area (Å²) in [5.74, 6) is -0.195. The van der Waals surface area contributed by atoms with Crippen LogP contribution in [0.2, 0.25) is 0 Å². The maximum Gasteiger partial charge on any atom is 0.236 e. The molecule has 1 amide bonds. The lowest BCUT2D eigenvalue weighted by Gasteiger charge is -2.10. The normalized spacial score (nSPS) is 11.4. The van der Waals surface area contributed by atoms with E-state index >= 15 is 0 Å². The topological polar surface area (TPSA) is 107 Å². The molecule has 0 aliphatic heterocycles. The molecule has 158 valence electrons. The molecule has 8 nitrogen and oxygen atoms in total. The second-order valence-corrected chi connectivity index (χ2v) is 10.1. The second-order valence-electron chi connectivity index (χ2n) is 6.32. The molecular weight excluding hydrogens is 454 g/mol. The van der Waals surface area contributed by atoms with Crippen molar-refractivity contribution < 1.29 is 13.2 Å². The summed E-state index contributed by atoms with van der Waals surface area (Å²) in [6, 6.07) is 17.4. The van der Waals surface area contributed by atoms with Gasteiger partial charge in [-0.25, -0.2) is 13.4 Å². The van der Waals surface area contributed by atoms with Crippen molar-refractivity contribution in [2.24, 2.45) is 0 Å². The van der Waals surface area contributed by atoms with Gasteiger partial charge >= 0.3 is 0 Å². The van der Waals surface area contributed by atoms with Crippen molar-refractivity contribution in [3.8, 4) is 5.69 Å². The van der Waals surface area contributed by atoms with Crippen LogP contribution in [-0.2, 0) is 20.4 Å². The summed E-state index contributed by atoms with van der Waals surface area (Å²) in [6.45, 7) is 0. The number of rotatable bonds is 8. The number of carbonyl (C=O) groups excluding carboxylic acids is 1. The smallest absolute Gasteiger partial charge is 0.236 e. The highest BCUT2D eigenvalue weighted by atomic mass is 32.2. The summed E-state index contributed by atoms with van der Waals surface area (Å²) in [5, 5.41) is 13.7. The molecule has 0 atom stereocenters. The van der Waals surface area contributed by atoms with Crippen LogP contribution in [0.25, 0.3) is 5.69 Å². The lowest BCUT2D eigenvalue weighted by Crippen LogP contribution is -2.15. The minimum Gasteiger partial charge on any atom is -0.301 e. The molecule has 0 aliphatic rings. The van der Waals surface area contributed by atoms with Crippen LogP contribution in [0.4, 0.5) is 5.13 Å². The van der Waals surface area contributed by atoms with Crippen LogP contribution >= 0.6 is 23.1 Å². The quantitative estimate of drug-likeness (QED) is 0.392. The number of carbonyl (C=O) groups is 1. The third-order valence-electron chi connectivity index (χ3n) is 4.15. The molecule has 0 aliphatic carbocycles. The number of sulfone groups is 1. The standard InChI is InChI=1S/C20H17N5O3S3/c26-18(22-19-21-11-12-29-19)13-30-20-24-23-17(25(20)15-7-3-1-4-8-15)14-31(27,28)16-9-5-2-6-10-16/h1-12H,13-14H2,(H,21,22,26). The first-order chi connectivity index (χ1) is 15.0. The first kappa shape index (κ1) is 21.2. The molecule has 1 N–H and O–H groups in total. The van der Waals surface area contributed by atoms with Crippen molar-refractivity contribution in [2.75, 3.05) is 11.1 Å². The predicted octanol–water partition coefficient (Wildman–Crippen LogP) is 3.43. The predicted molar refractivity (Wildman–Crippen MR) is 120 cm³/mol. The average molecular weight is 472 g/mol. The molecule has 0 radical (unpaired) electrons. The summed E-state index contributed by atoms with van der Waals surface area (Å²) < 4.78 is 27.4. The number of thioether (sulfide) groups is 1. The van der Waals surface area contributed by atoms with Gasteiger partial charge in [-0.15, -0.1) is 21.5 Å². The minimum atomic E-state index is -3.61. The summed E-state index contributed by atoms with van der Waals surface area (Å²) in [4.78, 5) is 16.5. The maximum absolute atomic E-state index is 12.9. The lowest BCUT2D eigenvalue weighted by atomic mass is 10.3. The van der Waals surface area contributed by atoms with Gasteiger partial charge in [0.25, 0.3) is 0 Å². The summed E-state index contributed by atoms with van der Waals surface area (Å²) in [6.07, 6.45) is 1.61. The lowest BCUT2D eigenvalue weighted by molar-refractivity contribution is -0.113. The SMILES string of the molecule is O=C(CSc1nnc(CS(=O)(=O)c2ccccc2)n1-c1ccccc1)Nc1nccs1. The molecular formula is C20H17N5O3S3. The molecule has 0 fully saturated rings. The molecule has 0 bridgehead atoms. The van der Waals surface area contributed by atoms with Gasteiger partial charge in [0, 0.05) is 17.3 Å². The Morgan fingerprint density at radius 1 is 1.03 bits per heavy atom. The van der Waals surface area contributed by atoms with Crippen LogP contribution in [0.1, 0.15) is 5.82 Å². The first-order valence-corrected chi connectivity index (χ1v) is 12.6. The van der Waals surface area contributed by atoms with Crippen molar-refractivity contribution in [3.05, 3.63) is 78.1 Å². The van der Waals surface area contributed by atoms with E-state index in [1.54, 1.807) is 46.5 Å². The van der Waals surface area contributed by atoms with Gasteiger partial charge < -0.3 is 5.32 Å². The van der Waals surface area contributed by atoms with Crippen LogP contribution in [0.5, 0.6) is 0 Å². The molecule has 4 rings (SSSR count). The van der Waals surface area contributed by atoms with Crippen LogP contribution < -0.4 is 5.32 Å². The Balaban J connectivity index is 1.59. The Bertz CT molecular complexity index is 1260. The van der Waals surface area contributed by atoms with Gasteiger partial charge in [0.1, 0.15) is 5.75 Å². The number of thiazole rings is 1. The second kappa shape index (κ2) is 9.41. The van der Waals surface area contributed by atoms with Gasteiger partial charge in [-0.2, -0.15) is 0 Å². The fraction of sp³-hybridized carbons (Fsp3) is 0.100. The van der Waals surface area contributed by atoms with E-state index in [2.05, 4.69) is 20.5 Å². The molecule has 2 heterocycles. The highest BCUT2D eigenvalue weighted by Crippen LogP contribution is 2.25. The summed E-state index contributed by atoms with van der Waals surface area (Å²) in [7, 11) is -3.61. The molecule has 2 aromatic carbocycles. The Hall–Kier alpha value is -3.02. The van der Waals surface area contributed by atoms with Crippen molar-refractivity contribution in [1.29, 1.82) is 0 Å². The number of anilines is 1. The highest BCUT2D eigenvalue weighted by molar-refractivity contribution is 7.99. The number of amides is 1. The van der Waals surface area contributed by atoms with Crippen molar-refractivity contribution in [2.45, 2.75) is 15.8 Å². The van der Waals surface area contributed by atoms with Crippen LogP contribution in [0, 0.1) is 0 Å². The van der Waals surface area contributed by atoms with E-state index in [1.165, 1.54) is 23.1 Å². The Morgan fingerprint density at radius 2 is 1.74 bits per heavy atom. The molecule has 0 spiro atoms. The van der Waals surface area contributed by atoms with Gasteiger partial charge in [0.15, 0.2) is 25.9 Å². The van der Waals surface area contributed by atoms with Crippen molar-refractivity contribution in [3.63, 3.8) is 0 Å². The van der Waals surface area contributed by atoms with E-state index in [0.717, 1.165) is 0 Å².